The fraction of sp³-hybridized carbons (Fsp3) is 0.385. The van der Waals surface area contributed by atoms with Gasteiger partial charge in [0.05, 0.1) is 5.69 Å². The second kappa shape index (κ2) is 5.78. The van der Waals surface area contributed by atoms with Crippen LogP contribution >= 0.6 is 0 Å². The van der Waals surface area contributed by atoms with Crippen LogP contribution in [-0.4, -0.2) is 37.0 Å². The molecule has 0 unspecified atom stereocenters. The average molecular weight is 291 g/mol. The first-order chi connectivity index (χ1) is 9.92. The number of aryl methyl sites for hydroxylation is 1. The predicted molar refractivity (Wildman–Crippen MR) is 75.5 cm³/mol. The monoisotopic (exact) mass is 291 g/mol. The lowest BCUT2D eigenvalue weighted by atomic mass is 10.1. The van der Waals surface area contributed by atoms with Gasteiger partial charge in [-0.1, -0.05) is 13.8 Å². The number of rotatable bonds is 5. The number of amides is 1. The van der Waals surface area contributed by atoms with E-state index >= 15 is 0 Å². The number of aromatic amines is 1. The fourth-order valence-corrected chi connectivity index (χ4v) is 1.82. The highest BCUT2D eigenvalue weighted by molar-refractivity contribution is 6.03. The molecule has 0 aromatic carbocycles. The Hall–Kier alpha value is -2.64. The van der Waals surface area contributed by atoms with E-state index in [0.29, 0.717) is 12.2 Å². The van der Waals surface area contributed by atoms with Crippen molar-refractivity contribution in [3.8, 4) is 0 Å². The van der Waals surface area contributed by atoms with E-state index in [9.17, 15) is 9.59 Å². The number of carboxylic acid groups (broad SMARTS) is 1. The summed E-state index contributed by atoms with van der Waals surface area (Å²) in [6.07, 6.45) is 0. The van der Waals surface area contributed by atoms with Gasteiger partial charge in [0.25, 0.3) is 5.91 Å². The molecule has 0 saturated carbocycles. The summed E-state index contributed by atoms with van der Waals surface area (Å²) in [5, 5.41) is 21.8. The molecule has 8 heteroatoms. The Morgan fingerprint density at radius 3 is 2.67 bits per heavy atom. The standard InChI is InChI=1S/C13H17N5O3/c1-4-18-10(5-8(17-18)7(2)3)12(19)14-11-6-9(13(20)21)15-16-11/h5-7H,4H2,1-3H3,(H,20,21)(H2,14,15,16,19). The minimum atomic E-state index is -1.14. The molecular weight excluding hydrogens is 274 g/mol. The Labute approximate surface area is 121 Å². The van der Waals surface area contributed by atoms with E-state index in [2.05, 4.69) is 20.6 Å². The summed E-state index contributed by atoms with van der Waals surface area (Å²) in [6, 6.07) is 2.99. The highest BCUT2D eigenvalue weighted by Gasteiger charge is 2.17. The first kappa shape index (κ1) is 14.8. The minimum absolute atomic E-state index is 0.0860. The third-order valence-corrected chi connectivity index (χ3v) is 2.97. The zero-order valence-corrected chi connectivity index (χ0v) is 12.0. The molecule has 8 nitrogen and oxygen atoms in total. The molecule has 0 bridgehead atoms. The van der Waals surface area contributed by atoms with Gasteiger partial charge in [-0.2, -0.15) is 10.2 Å². The maximum Gasteiger partial charge on any atom is 0.353 e. The maximum absolute atomic E-state index is 12.2. The smallest absolute Gasteiger partial charge is 0.353 e. The van der Waals surface area contributed by atoms with Gasteiger partial charge in [-0.3, -0.25) is 14.6 Å². The lowest BCUT2D eigenvalue weighted by molar-refractivity contribution is 0.0690. The van der Waals surface area contributed by atoms with E-state index in [4.69, 9.17) is 5.11 Å². The molecule has 0 aliphatic rings. The molecule has 21 heavy (non-hydrogen) atoms. The van der Waals surface area contributed by atoms with Gasteiger partial charge in [0.1, 0.15) is 11.4 Å². The van der Waals surface area contributed by atoms with E-state index in [1.807, 2.05) is 20.8 Å². The van der Waals surface area contributed by atoms with Crippen molar-refractivity contribution >= 4 is 17.7 Å². The molecule has 2 aromatic rings. The lowest BCUT2D eigenvalue weighted by Crippen LogP contribution is -2.17. The second-order valence-corrected chi connectivity index (χ2v) is 4.85. The molecule has 0 aliphatic carbocycles. The molecule has 2 rings (SSSR count). The van der Waals surface area contributed by atoms with Gasteiger partial charge in [-0.15, -0.1) is 0 Å². The number of anilines is 1. The van der Waals surface area contributed by atoms with Gasteiger partial charge < -0.3 is 10.4 Å². The van der Waals surface area contributed by atoms with E-state index in [1.54, 1.807) is 10.7 Å². The summed E-state index contributed by atoms with van der Waals surface area (Å²) in [7, 11) is 0. The SMILES string of the molecule is CCn1nc(C(C)C)cc1C(=O)Nc1cc(C(=O)O)[nH]n1. The molecule has 3 N–H and O–H groups in total. The van der Waals surface area contributed by atoms with Crippen LogP contribution in [-0.2, 0) is 6.54 Å². The first-order valence-electron chi connectivity index (χ1n) is 6.60. The maximum atomic E-state index is 12.2. The van der Waals surface area contributed by atoms with Crippen molar-refractivity contribution in [3.05, 3.63) is 29.2 Å². The van der Waals surface area contributed by atoms with Crippen LogP contribution in [0.2, 0.25) is 0 Å². The van der Waals surface area contributed by atoms with E-state index < -0.39 is 5.97 Å². The van der Waals surface area contributed by atoms with Crippen LogP contribution in [0.4, 0.5) is 5.82 Å². The van der Waals surface area contributed by atoms with Crippen molar-refractivity contribution in [2.24, 2.45) is 0 Å². The molecule has 0 aliphatic heterocycles. The van der Waals surface area contributed by atoms with Crippen LogP contribution in [0, 0.1) is 0 Å². The Kier molecular flexibility index (Phi) is 4.06. The summed E-state index contributed by atoms with van der Waals surface area (Å²) in [4.78, 5) is 23.0. The van der Waals surface area contributed by atoms with Crippen molar-refractivity contribution in [1.29, 1.82) is 0 Å². The van der Waals surface area contributed by atoms with Gasteiger partial charge in [-0.05, 0) is 18.9 Å². The molecule has 0 saturated heterocycles. The van der Waals surface area contributed by atoms with Gasteiger partial charge >= 0.3 is 5.97 Å². The minimum Gasteiger partial charge on any atom is -0.477 e. The van der Waals surface area contributed by atoms with Gasteiger partial charge in [0.2, 0.25) is 0 Å². The number of aromatic nitrogens is 4. The summed E-state index contributed by atoms with van der Waals surface area (Å²) < 4.78 is 1.61. The van der Waals surface area contributed by atoms with Crippen molar-refractivity contribution in [2.45, 2.75) is 33.2 Å². The number of hydrogen-bond donors (Lipinski definition) is 3. The quantitative estimate of drug-likeness (QED) is 0.776. The highest BCUT2D eigenvalue weighted by atomic mass is 16.4. The normalized spacial score (nSPS) is 10.9. The lowest BCUT2D eigenvalue weighted by Gasteiger charge is -2.03. The molecule has 2 aromatic heterocycles. The predicted octanol–water partition coefficient (Wildman–Crippen LogP) is 1.70. The third kappa shape index (κ3) is 3.10. The van der Waals surface area contributed by atoms with Crippen LogP contribution < -0.4 is 5.32 Å². The van der Waals surface area contributed by atoms with Crippen molar-refractivity contribution in [3.63, 3.8) is 0 Å². The van der Waals surface area contributed by atoms with E-state index in [-0.39, 0.29) is 23.3 Å². The van der Waals surface area contributed by atoms with Gasteiger partial charge in [0.15, 0.2) is 5.82 Å². The molecule has 1 amide bonds. The van der Waals surface area contributed by atoms with Crippen LogP contribution in [0.15, 0.2) is 12.1 Å². The molecule has 0 radical (unpaired) electrons. The largest absolute Gasteiger partial charge is 0.477 e. The number of hydrogen-bond acceptors (Lipinski definition) is 4. The highest BCUT2D eigenvalue weighted by Crippen LogP contribution is 2.16. The van der Waals surface area contributed by atoms with E-state index in [1.165, 1.54) is 6.07 Å². The number of carboxylic acids is 1. The molecule has 0 atom stereocenters. The molecule has 2 heterocycles. The number of carbonyl (C=O) groups excluding carboxylic acids is 1. The molecule has 0 spiro atoms. The fourth-order valence-electron chi connectivity index (χ4n) is 1.82. The summed E-state index contributed by atoms with van der Waals surface area (Å²) in [6.45, 7) is 6.45. The van der Waals surface area contributed by atoms with Gasteiger partial charge in [0, 0.05) is 12.6 Å². The van der Waals surface area contributed by atoms with Crippen molar-refractivity contribution < 1.29 is 14.7 Å². The average Bonchev–Trinajstić information content (AvgIpc) is 3.04. The Morgan fingerprint density at radius 1 is 1.43 bits per heavy atom. The van der Waals surface area contributed by atoms with E-state index in [0.717, 1.165) is 5.69 Å². The Bertz CT molecular complexity index is 671. The zero-order valence-electron chi connectivity index (χ0n) is 12.0. The summed E-state index contributed by atoms with van der Waals surface area (Å²) >= 11 is 0. The summed E-state index contributed by atoms with van der Waals surface area (Å²) in [5.41, 5.74) is 1.16. The molecular formula is C13H17N5O3. The number of nitrogens with zero attached hydrogens (tertiary/aromatic N) is 3. The van der Waals surface area contributed by atoms with Crippen LogP contribution in [0.25, 0.3) is 0 Å². The van der Waals surface area contributed by atoms with Gasteiger partial charge in [-0.25, -0.2) is 4.79 Å². The van der Waals surface area contributed by atoms with Crippen molar-refractivity contribution in [1.82, 2.24) is 20.0 Å². The van der Waals surface area contributed by atoms with Crippen LogP contribution in [0.1, 0.15) is 53.4 Å². The molecule has 0 fully saturated rings. The van der Waals surface area contributed by atoms with Crippen molar-refractivity contribution in [2.75, 3.05) is 5.32 Å². The van der Waals surface area contributed by atoms with Crippen LogP contribution in [0.3, 0.4) is 0 Å². The number of H-pyrrole nitrogens is 1. The first-order valence-corrected chi connectivity index (χ1v) is 6.60. The third-order valence-electron chi connectivity index (χ3n) is 2.97. The number of aromatic carboxylic acids is 1. The zero-order chi connectivity index (χ0) is 15.6. The topological polar surface area (TPSA) is 113 Å². The Balaban J connectivity index is 2.21. The Morgan fingerprint density at radius 2 is 2.14 bits per heavy atom. The summed E-state index contributed by atoms with van der Waals surface area (Å²) in [5.74, 6) is -1.14. The molecule has 112 valence electrons. The number of nitrogens with one attached hydrogen (secondary N) is 2. The second-order valence-electron chi connectivity index (χ2n) is 4.85. The van der Waals surface area contributed by atoms with Crippen LogP contribution in [0.5, 0.6) is 0 Å². The number of carbonyl (C=O) groups is 2.